The Kier molecular flexibility index (Phi) is 4.57. The number of hydrogen-bond donors (Lipinski definition) is 2. The van der Waals surface area contributed by atoms with Gasteiger partial charge < -0.3 is 10.6 Å². The molecule has 1 aromatic rings. The molecule has 2 atom stereocenters. The first-order chi connectivity index (χ1) is 8.29. The molecule has 2 unspecified atom stereocenters. The maximum absolute atomic E-state index is 3.60. The van der Waals surface area contributed by atoms with Crippen molar-refractivity contribution in [3.05, 3.63) is 35.4 Å². The zero-order chi connectivity index (χ0) is 12.1. The molecule has 2 heteroatoms. The summed E-state index contributed by atoms with van der Waals surface area (Å²) in [5.41, 5.74) is 2.85. The summed E-state index contributed by atoms with van der Waals surface area (Å²) >= 11 is 0. The van der Waals surface area contributed by atoms with Gasteiger partial charge in [0.2, 0.25) is 0 Å². The molecule has 94 valence electrons. The van der Waals surface area contributed by atoms with Gasteiger partial charge in [0, 0.05) is 19.1 Å². The van der Waals surface area contributed by atoms with Crippen LogP contribution in [0.3, 0.4) is 0 Å². The van der Waals surface area contributed by atoms with E-state index in [2.05, 4.69) is 48.7 Å². The van der Waals surface area contributed by atoms with Crippen molar-refractivity contribution in [2.75, 3.05) is 13.1 Å². The van der Waals surface area contributed by atoms with E-state index in [1.807, 2.05) is 0 Å². The third kappa shape index (κ3) is 3.55. The lowest BCUT2D eigenvalue weighted by atomic mass is 9.97. The Hall–Kier alpha value is -0.860. The van der Waals surface area contributed by atoms with Crippen LogP contribution in [0.15, 0.2) is 24.3 Å². The molecule has 0 saturated carbocycles. The van der Waals surface area contributed by atoms with Gasteiger partial charge in [0.25, 0.3) is 0 Å². The predicted octanol–water partition coefficient (Wildman–Crippen LogP) is 2.65. The van der Waals surface area contributed by atoms with Crippen LogP contribution in [0, 0.1) is 0 Å². The van der Waals surface area contributed by atoms with Gasteiger partial charge in [-0.25, -0.2) is 0 Å². The van der Waals surface area contributed by atoms with Gasteiger partial charge in [-0.3, -0.25) is 0 Å². The van der Waals surface area contributed by atoms with Gasteiger partial charge in [-0.1, -0.05) is 38.1 Å². The minimum atomic E-state index is 0.657. The first kappa shape index (κ1) is 12.6. The Morgan fingerprint density at radius 1 is 1.35 bits per heavy atom. The number of hydrogen-bond acceptors (Lipinski definition) is 2. The number of nitrogens with one attached hydrogen (secondary N) is 2. The standard InChI is InChI=1S/C15H24N2/c1-3-12(2)14-6-4-13(5-7-14)10-17-15-8-9-16-11-15/h4-7,12,15-17H,3,8-11H2,1-2H3. The Balaban J connectivity index is 1.84. The lowest BCUT2D eigenvalue weighted by Gasteiger charge is -2.13. The highest BCUT2D eigenvalue weighted by atomic mass is 15.0. The quantitative estimate of drug-likeness (QED) is 0.815. The van der Waals surface area contributed by atoms with Crippen LogP contribution in [0.4, 0.5) is 0 Å². The minimum Gasteiger partial charge on any atom is -0.315 e. The molecule has 17 heavy (non-hydrogen) atoms. The fraction of sp³-hybridized carbons (Fsp3) is 0.600. The molecule has 1 heterocycles. The van der Waals surface area contributed by atoms with E-state index >= 15 is 0 Å². The largest absolute Gasteiger partial charge is 0.315 e. The average molecular weight is 232 g/mol. The fourth-order valence-electron chi connectivity index (χ4n) is 2.29. The monoisotopic (exact) mass is 232 g/mol. The van der Waals surface area contributed by atoms with E-state index in [-0.39, 0.29) is 0 Å². The molecule has 0 radical (unpaired) electrons. The summed E-state index contributed by atoms with van der Waals surface area (Å²) in [5.74, 6) is 0.677. The summed E-state index contributed by atoms with van der Waals surface area (Å²) in [5, 5.41) is 6.98. The molecule has 0 bridgehead atoms. The topological polar surface area (TPSA) is 24.1 Å². The van der Waals surface area contributed by atoms with Crippen LogP contribution in [0.5, 0.6) is 0 Å². The molecule has 2 rings (SSSR count). The van der Waals surface area contributed by atoms with E-state index < -0.39 is 0 Å². The molecule has 0 aliphatic carbocycles. The van der Waals surface area contributed by atoms with Crippen LogP contribution in [0.1, 0.15) is 43.7 Å². The zero-order valence-electron chi connectivity index (χ0n) is 11.0. The summed E-state index contributed by atoms with van der Waals surface area (Å²) in [7, 11) is 0. The highest BCUT2D eigenvalue weighted by Crippen LogP contribution is 2.18. The minimum absolute atomic E-state index is 0.657. The fourth-order valence-corrected chi connectivity index (χ4v) is 2.29. The normalized spacial score (nSPS) is 21.6. The Morgan fingerprint density at radius 2 is 2.12 bits per heavy atom. The molecular formula is C15H24N2. The van der Waals surface area contributed by atoms with E-state index in [0.29, 0.717) is 12.0 Å². The van der Waals surface area contributed by atoms with Crippen LogP contribution in [-0.2, 0) is 6.54 Å². The van der Waals surface area contributed by atoms with E-state index in [1.165, 1.54) is 24.0 Å². The van der Waals surface area contributed by atoms with Crippen molar-refractivity contribution in [1.29, 1.82) is 0 Å². The zero-order valence-corrected chi connectivity index (χ0v) is 11.0. The molecule has 0 amide bonds. The maximum atomic E-state index is 3.60. The SMILES string of the molecule is CCC(C)c1ccc(CNC2CCNC2)cc1. The van der Waals surface area contributed by atoms with Crippen molar-refractivity contribution in [3.8, 4) is 0 Å². The van der Waals surface area contributed by atoms with E-state index in [1.54, 1.807) is 0 Å². The summed E-state index contributed by atoms with van der Waals surface area (Å²) < 4.78 is 0. The second kappa shape index (κ2) is 6.18. The molecule has 1 saturated heterocycles. The van der Waals surface area contributed by atoms with Crippen LogP contribution < -0.4 is 10.6 Å². The Bertz CT molecular complexity index is 325. The van der Waals surface area contributed by atoms with E-state index in [9.17, 15) is 0 Å². The second-order valence-electron chi connectivity index (χ2n) is 5.12. The maximum Gasteiger partial charge on any atom is 0.0208 e. The first-order valence-electron chi connectivity index (χ1n) is 6.82. The first-order valence-corrected chi connectivity index (χ1v) is 6.82. The van der Waals surface area contributed by atoms with Crippen molar-refractivity contribution in [3.63, 3.8) is 0 Å². The number of benzene rings is 1. The Morgan fingerprint density at radius 3 is 2.71 bits per heavy atom. The van der Waals surface area contributed by atoms with Crippen LogP contribution in [0.2, 0.25) is 0 Å². The smallest absolute Gasteiger partial charge is 0.0208 e. The molecule has 0 spiro atoms. The van der Waals surface area contributed by atoms with E-state index in [4.69, 9.17) is 0 Å². The summed E-state index contributed by atoms with van der Waals surface area (Å²) in [6.45, 7) is 7.80. The van der Waals surface area contributed by atoms with Gasteiger partial charge in [0.05, 0.1) is 0 Å². The van der Waals surface area contributed by atoms with Crippen LogP contribution in [0.25, 0.3) is 0 Å². The summed E-state index contributed by atoms with van der Waals surface area (Å²) in [4.78, 5) is 0. The molecule has 1 aliphatic heterocycles. The summed E-state index contributed by atoms with van der Waals surface area (Å²) in [6, 6.07) is 9.73. The third-order valence-corrected chi connectivity index (χ3v) is 3.82. The van der Waals surface area contributed by atoms with Gasteiger partial charge in [0.15, 0.2) is 0 Å². The van der Waals surface area contributed by atoms with Crippen molar-refractivity contribution in [1.82, 2.24) is 10.6 Å². The van der Waals surface area contributed by atoms with Gasteiger partial charge in [-0.05, 0) is 36.4 Å². The lowest BCUT2D eigenvalue weighted by Crippen LogP contribution is -2.30. The van der Waals surface area contributed by atoms with Crippen LogP contribution >= 0.6 is 0 Å². The second-order valence-corrected chi connectivity index (χ2v) is 5.12. The van der Waals surface area contributed by atoms with Crippen molar-refractivity contribution in [2.24, 2.45) is 0 Å². The van der Waals surface area contributed by atoms with Gasteiger partial charge in [-0.2, -0.15) is 0 Å². The van der Waals surface area contributed by atoms with Crippen molar-refractivity contribution in [2.45, 2.75) is 45.2 Å². The summed E-state index contributed by atoms with van der Waals surface area (Å²) in [6.07, 6.45) is 2.47. The highest BCUT2D eigenvalue weighted by molar-refractivity contribution is 5.25. The van der Waals surface area contributed by atoms with Gasteiger partial charge in [-0.15, -0.1) is 0 Å². The molecular weight excluding hydrogens is 208 g/mol. The highest BCUT2D eigenvalue weighted by Gasteiger charge is 2.12. The molecule has 1 aromatic carbocycles. The predicted molar refractivity (Wildman–Crippen MR) is 73.3 cm³/mol. The molecule has 1 fully saturated rings. The molecule has 2 nitrogen and oxygen atoms in total. The Labute approximate surface area is 105 Å². The molecule has 0 aromatic heterocycles. The number of rotatable bonds is 5. The third-order valence-electron chi connectivity index (χ3n) is 3.82. The van der Waals surface area contributed by atoms with Gasteiger partial charge in [0.1, 0.15) is 0 Å². The van der Waals surface area contributed by atoms with Crippen molar-refractivity contribution >= 4 is 0 Å². The molecule has 1 aliphatic rings. The van der Waals surface area contributed by atoms with Crippen molar-refractivity contribution < 1.29 is 0 Å². The van der Waals surface area contributed by atoms with Crippen LogP contribution in [-0.4, -0.2) is 19.1 Å². The average Bonchev–Trinajstić information content (AvgIpc) is 2.89. The van der Waals surface area contributed by atoms with E-state index in [0.717, 1.165) is 19.6 Å². The van der Waals surface area contributed by atoms with Gasteiger partial charge >= 0.3 is 0 Å². The lowest BCUT2D eigenvalue weighted by molar-refractivity contribution is 0.547. The molecule has 2 N–H and O–H groups in total.